The Morgan fingerprint density at radius 3 is 2.64 bits per heavy atom. The Morgan fingerprint density at radius 2 is 1.86 bits per heavy atom. The zero-order valence-corrected chi connectivity index (χ0v) is 13.0. The van der Waals surface area contributed by atoms with E-state index >= 15 is 0 Å². The molecule has 0 aliphatic rings. The van der Waals surface area contributed by atoms with Gasteiger partial charge in [0.05, 0.1) is 17.2 Å². The number of rotatable bonds is 3. The van der Waals surface area contributed by atoms with Crippen LogP contribution in [0, 0.1) is 0 Å². The van der Waals surface area contributed by atoms with Crippen molar-refractivity contribution < 1.29 is 0 Å². The third-order valence-corrected chi connectivity index (χ3v) is 4.12. The van der Waals surface area contributed by atoms with Gasteiger partial charge in [-0.25, -0.2) is 4.98 Å². The van der Waals surface area contributed by atoms with Gasteiger partial charge in [0, 0.05) is 6.04 Å². The minimum absolute atomic E-state index is 0.107. The summed E-state index contributed by atoms with van der Waals surface area (Å²) < 4.78 is 0. The van der Waals surface area contributed by atoms with E-state index in [0.717, 1.165) is 11.1 Å². The van der Waals surface area contributed by atoms with E-state index in [2.05, 4.69) is 60.2 Å². The standard InChI is InChI=1S/C18H19N3O/c1-12(21(2)3)13-5-4-6-14(9-13)15-7-8-17-16(10-15)18(22)20-11-19-17/h4-12H,1-3H3,(H,19,20,22)/t12-/m0/s1. The van der Waals surface area contributed by atoms with E-state index in [1.54, 1.807) is 0 Å². The molecular formula is C18H19N3O. The van der Waals surface area contributed by atoms with Crippen molar-refractivity contribution in [3.63, 3.8) is 0 Å². The van der Waals surface area contributed by atoms with Crippen LogP contribution in [0.4, 0.5) is 0 Å². The molecule has 0 aliphatic carbocycles. The van der Waals surface area contributed by atoms with Crippen molar-refractivity contribution in [1.82, 2.24) is 14.9 Å². The second kappa shape index (κ2) is 5.73. The highest BCUT2D eigenvalue weighted by atomic mass is 16.1. The van der Waals surface area contributed by atoms with E-state index in [1.165, 1.54) is 11.9 Å². The number of H-pyrrole nitrogens is 1. The molecule has 0 amide bonds. The fourth-order valence-corrected chi connectivity index (χ4v) is 2.52. The molecule has 3 rings (SSSR count). The molecule has 22 heavy (non-hydrogen) atoms. The van der Waals surface area contributed by atoms with E-state index in [4.69, 9.17) is 0 Å². The fraction of sp³-hybridized carbons (Fsp3) is 0.222. The SMILES string of the molecule is C[C@@H](c1cccc(-c2ccc3nc[nH]c(=O)c3c2)c1)N(C)C. The summed E-state index contributed by atoms with van der Waals surface area (Å²) in [6, 6.07) is 14.6. The summed E-state index contributed by atoms with van der Waals surface area (Å²) in [6.45, 7) is 2.17. The molecule has 3 aromatic rings. The molecular weight excluding hydrogens is 274 g/mol. The van der Waals surface area contributed by atoms with Gasteiger partial charge in [-0.05, 0) is 55.9 Å². The van der Waals surface area contributed by atoms with E-state index < -0.39 is 0 Å². The second-order valence-corrected chi connectivity index (χ2v) is 5.73. The molecule has 1 N–H and O–H groups in total. The first-order chi connectivity index (χ1) is 10.6. The first-order valence-electron chi connectivity index (χ1n) is 7.30. The van der Waals surface area contributed by atoms with Crippen LogP contribution < -0.4 is 5.56 Å². The van der Waals surface area contributed by atoms with Gasteiger partial charge < -0.3 is 9.88 Å². The van der Waals surface area contributed by atoms with Gasteiger partial charge in [0.25, 0.3) is 5.56 Å². The van der Waals surface area contributed by atoms with Crippen LogP contribution in [0.3, 0.4) is 0 Å². The number of nitrogens with one attached hydrogen (secondary N) is 1. The lowest BCUT2D eigenvalue weighted by molar-refractivity contribution is 0.321. The maximum Gasteiger partial charge on any atom is 0.258 e. The Kier molecular flexibility index (Phi) is 3.77. The maximum absolute atomic E-state index is 11.9. The molecule has 112 valence electrons. The Balaban J connectivity index is 2.10. The maximum atomic E-state index is 11.9. The largest absolute Gasteiger partial charge is 0.313 e. The predicted octanol–water partition coefficient (Wildman–Crippen LogP) is 3.21. The average Bonchev–Trinajstić information content (AvgIpc) is 2.54. The van der Waals surface area contributed by atoms with Crippen molar-refractivity contribution >= 4 is 10.9 Å². The van der Waals surface area contributed by atoms with E-state index in [9.17, 15) is 4.79 Å². The molecule has 0 spiro atoms. The van der Waals surface area contributed by atoms with E-state index in [0.29, 0.717) is 16.9 Å². The molecule has 2 aromatic carbocycles. The summed E-state index contributed by atoms with van der Waals surface area (Å²) in [5.41, 5.74) is 3.99. The molecule has 0 saturated carbocycles. The molecule has 1 heterocycles. The first-order valence-corrected chi connectivity index (χ1v) is 7.30. The molecule has 0 saturated heterocycles. The van der Waals surface area contributed by atoms with Crippen LogP contribution in [0.15, 0.2) is 53.6 Å². The summed E-state index contributed by atoms with van der Waals surface area (Å²) in [5, 5.41) is 0.617. The van der Waals surface area contributed by atoms with Gasteiger partial charge in [0.15, 0.2) is 0 Å². The normalized spacial score (nSPS) is 12.7. The second-order valence-electron chi connectivity index (χ2n) is 5.73. The average molecular weight is 293 g/mol. The topological polar surface area (TPSA) is 49.0 Å². The lowest BCUT2D eigenvalue weighted by Crippen LogP contribution is -2.16. The number of benzene rings is 2. The van der Waals surface area contributed by atoms with E-state index in [-0.39, 0.29) is 5.56 Å². The van der Waals surface area contributed by atoms with Crippen LogP contribution in [0.25, 0.3) is 22.0 Å². The molecule has 1 atom stereocenters. The highest BCUT2D eigenvalue weighted by Crippen LogP contribution is 2.26. The van der Waals surface area contributed by atoms with Crippen LogP contribution >= 0.6 is 0 Å². The first kappa shape index (κ1) is 14.5. The third-order valence-electron chi connectivity index (χ3n) is 4.12. The molecule has 0 aliphatic heterocycles. The zero-order chi connectivity index (χ0) is 15.7. The molecule has 0 radical (unpaired) electrons. The van der Waals surface area contributed by atoms with Crippen LogP contribution in [0.1, 0.15) is 18.5 Å². The molecule has 4 nitrogen and oxygen atoms in total. The Bertz CT molecular complexity index is 867. The number of hydrogen-bond donors (Lipinski definition) is 1. The van der Waals surface area contributed by atoms with Crippen molar-refractivity contribution in [3.8, 4) is 11.1 Å². The number of aromatic nitrogens is 2. The van der Waals surface area contributed by atoms with Crippen LogP contribution in [0.2, 0.25) is 0 Å². The molecule has 4 heteroatoms. The van der Waals surface area contributed by atoms with Crippen molar-refractivity contribution in [2.75, 3.05) is 14.1 Å². The Hall–Kier alpha value is -2.46. The van der Waals surface area contributed by atoms with Crippen LogP contribution in [-0.2, 0) is 0 Å². The lowest BCUT2D eigenvalue weighted by atomic mass is 9.99. The highest BCUT2D eigenvalue weighted by molar-refractivity contribution is 5.83. The van der Waals surface area contributed by atoms with Crippen LogP contribution in [0.5, 0.6) is 0 Å². The molecule has 0 fully saturated rings. The molecule has 0 bridgehead atoms. The van der Waals surface area contributed by atoms with Crippen molar-refractivity contribution in [2.24, 2.45) is 0 Å². The van der Waals surface area contributed by atoms with Crippen LogP contribution in [-0.4, -0.2) is 29.0 Å². The number of aromatic amines is 1. The van der Waals surface area contributed by atoms with Gasteiger partial charge in [0.1, 0.15) is 0 Å². The fourth-order valence-electron chi connectivity index (χ4n) is 2.52. The highest BCUT2D eigenvalue weighted by Gasteiger charge is 2.09. The summed E-state index contributed by atoms with van der Waals surface area (Å²) in [4.78, 5) is 20.9. The van der Waals surface area contributed by atoms with E-state index in [1.807, 2.05) is 18.2 Å². The summed E-state index contributed by atoms with van der Waals surface area (Å²) in [6.07, 6.45) is 1.43. The Labute approximate surface area is 129 Å². The smallest absolute Gasteiger partial charge is 0.258 e. The zero-order valence-electron chi connectivity index (χ0n) is 13.0. The molecule has 1 aromatic heterocycles. The minimum Gasteiger partial charge on any atom is -0.313 e. The quantitative estimate of drug-likeness (QED) is 0.806. The van der Waals surface area contributed by atoms with Gasteiger partial charge in [-0.2, -0.15) is 0 Å². The number of fused-ring (bicyclic) bond motifs is 1. The summed E-state index contributed by atoms with van der Waals surface area (Å²) in [7, 11) is 4.14. The lowest BCUT2D eigenvalue weighted by Gasteiger charge is -2.20. The third kappa shape index (κ3) is 2.65. The summed E-state index contributed by atoms with van der Waals surface area (Å²) in [5.74, 6) is 0. The molecule has 0 unspecified atom stereocenters. The minimum atomic E-state index is -0.107. The number of hydrogen-bond acceptors (Lipinski definition) is 3. The van der Waals surface area contributed by atoms with Gasteiger partial charge >= 0.3 is 0 Å². The van der Waals surface area contributed by atoms with Crippen molar-refractivity contribution in [3.05, 3.63) is 64.7 Å². The van der Waals surface area contributed by atoms with Gasteiger partial charge in [-0.3, -0.25) is 4.79 Å². The van der Waals surface area contributed by atoms with Gasteiger partial charge in [-0.15, -0.1) is 0 Å². The predicted molar refractivity (Wildman–Crippen MR) is 89.9 cm³/mol. The van der Waals surface area contributed by atoms with Gasteiger partial charge in [0.2, 0.25) is 0 Å². The summed E-state index contributed by atoms with van der Waals surface area (Å²) >= 11 is 0. The van der Waals surface area contributed by atoms with Crippen molar-refractivity contribution in [2.45, 2.75) is 13.0 Å². The monoisotopic (exact) mass is 293 g/mol. The number of nitrogens with zero attached hydrogens (tertiary/aromatic N) is 2. The van der Waals surface area contributed by atoms with Crippen molar-refractivity contribution in [1.29, 1.82) is 0 Å². The van der Waals surface area contributed by atoms with Gasteiger partial charge in [-0.1, -0.05) is 24.3 Å². The Morgan fingerprint density at radius 1 is 1.09 bits per heavy atom.